The molecule has 1 heterocycles. The molecule has 0 aliphatic heterocycles. The molecule has 2 aromatic carbocycles. The highest BCUT2D eigenvalue weighted by Gasteiger charge is 2.32. The predicted molar refractivity (Wildman–Crippen MR) is 101 cm³/mol. The molecule has 8 heteroatoms. The lowest BCUT2D eigenvalue weighted by Gasteiger charge is -2.20. The summed E-state index contributed by atoms with van der Waals surface area (Å²) in [6.45, 7) is 0. The number of amides is 1. The molecule has 5 nitrogen and oxygen atoms in total. The lowest BCUT2D eigenvalue weighted by molar-refractivity contribution is -0.137. The zero-order valence-corrected chi connectivity index (χ0v) is 15.5. The van der Waals surface area contributed by atoms with Crippen molar-refractivity contribution in [3.05, 3.63) is 65.5 Å². The van der Waals surface area contributed by atoms with Gasteiger partial charge < -0.3 is 15.3 Å². The Kier molecular flexibility index (Phi) is 6.22. The smallest absolute Gasteiger partial charge is 0.416 e. The van der Waals surface area contributed by atoms with Crippen LogP contribution >= 0.6 is 0 Å². The summed E-state index contributed by atoms with van der Waals surface area (Å²) in [5.41, 5.74) is 5.64. The number of aliphatic hydroxyl groups is 1. The maximum atomic E-state index is 12.9. The van der Waals surface area contributed by atoms with Gasteiger partial charge in [0.2, 0.25) is 11.8 Å². The third kappa shape index (κ3) is 5.35. The van der Waals surface area contributed by atoms with E-state index in [1.54, 1.807) is 0 Å². The minimum absolute atomic E-state index is 0.0191. The molecule has 0 radical (unpaired) electrons. The van der Waals surface area contributed by atoms with Crippen LogP contribution in [0.2, 0.25) is 0 Å². The standard InChI is InChI=1S/C21H21F3N2O3/c22-21(23,24)15-9-10-17-16(12-15)26-20(29-17)19(28)14(8-11-18(25)27)7-6-13-4-2-1-3-5-13/h1-5,9-10,12,14,19,28H,6-8,11H2,(H2,25,27)/t14-,19?/m0/s1. The Labute approximate surface area is 165 Å². The summed E-state index contributed by atoms with van der Waals surface area (Å²) in [4.78, 5) is 15.3. The second kappa shape index (κ2) is 8.65. The van der Waals surface area contributed by atoms with E-state index in [0.29, 0.717) is 19.3 Å². The van der Waals surface area contributed by atoms with Gasteiger partial charge in [0, 0.05) is 6.42 Å². The van der Waals surface area contributed by atoms with Crippen molar-refractivity contribution in [2.45, 2.75) is 38.0 Å². The Morgan fingerprint density at radius 1 is 1.14 bits per heavy atom. The first-order valence-corrected chi connectivity index (χ1v) is 9.22. The maximum absolute atomic E-state index is 12.9. The van der Waals surface area contributed by atoms with Gasteiger partial charge in [0.1, 0.15) is 11.6 Å². The number of aliphatic hydroxyl groups excluding tert-OH is 1. The number of hydrogen-bond acceptors (Lipinski definition) is 4. The molecule has 3 aromatic rings. The minimum atomic E-state index is -4.49. The molecule has 1 unspecified atom stereocenters. The van der Waals surface area contributed by atoms with Crippen molar-refractivity contribution >= 4 is 17.0 Å². The van der Waals surface area contributed by atoms with Crippen LogP contribution in [0.15, 0.2) is 52.9 Å². The van der Waals surface area contributed by atoms with Crippen molar-refractivity contribution < 1.29 is 27.5 Å². The molecule has 0 aliphatic carbocycles. The number of halogens is 3. The van der Waals surface area contributed by atoms with Crippen LogP contribution in [0.5, 0.6) is 0 Å². The number of oxazole rings is 1. The highest BCUT2D eigenvalue weighted by atomic mass is 19.4. The number of nitrogens with zero attached hydrogens (tertiary/aromatic N) is 1. The lowest BCUT2D eigenvalue weighted by atomic mass is 9.90. The van der Waals surface area contributed by atoms with E-state index in [4.69, 9.17) is 10.2 Å². The monoisotopic (exact) mass is 406 g/mol. The molecule has 3 N–H and O–H groups in total. The number of carbonyl (C=O) groups is 1. The number of alkyl halides is 3. The van der Waals surface area contributed by atoms with Crippen molar-refractivity contribution in [1.82, 2.24) is 4.98 Å². The average Bonchev–Trinajstić information content (AvgIpc) is 3.11. The first kappa shape index (κ1) is 20.9. The predicted octanol–water partition coefficient (Wildman–Crippen LogP) is 4.39. The van der Waals surface area contributed by atoms with Crippen LogP contribution in [0.3, 0.4) is 0 Å². The van der Waals surface area contributed by atoms with Crippen molar-refractivity contribution in [2.75, 3.05) is 0 Å². The lowest BCUT2D eigenvalue weighted by Crippen LogP contribution is -2.18. The van der Waals surface area contributed by atoms with Gasteiger partial charge >= 0.3 is 6.18 Å². The number of primary amides is 1. The third-order valence-corrected chi connectivity index (χ3v) is 4.84. The van der Waals surface area contributed by atoms with Crippen molar-refractivity contribution in [2.24, 2.45) is 11.7 Å². The van der Waals surface area contributed by atoms with Crippen LogP contribution in [0.1, 0.15) is 42.4 Å². The molecule has 29 heavy (non-hydrogen) atoms. The summed E-state index contributed by atoms with van der Waals surface area (Å²) in [5.74, 6) is -0.950. The summed E-state index contributed by atoms with van der Waals surface area (Å²) in [6.07, 6.45) is -4.08. The second-order valence-corrected chi connectivity index (χ2v) is 6.97. The molecule has 1 amide bonds. The van der Waals surface area contributed by atoms with Gasteiger partial charge in [0.25, 0.3) is 0 Å². The van der Waals surface area contributed by atoms with E-state index < -0.39 is 29.7 Å². The van der Waals surface area contributed by atoms with Gasteiger partial charge in [-0.1, -0.05) is 30.3 Å². The van der Waals surface area contributed by atoms with Gasteiger partial charge in [0.15, 0.2) is 5.58 Å². The van der Waals surface area contributed by atoms with Gasteiger partial charge in [0.05, 0.1) is 5.56 Å². The number of rotatable bonds is 8. The zero-order chi connectivity index (χ0) is 21.0. The summed E-state index contributed by atoms with van der Waals surface area (Å²) < 4.78 is 44.2. The number of benzene rings is 2. The Bertz CT molecular complexity index is 970. The number of hydrogen-bond donors (Lipinski definition) is 2. The molecular weight excluding hydrogens is 385 g/mol. The van der Waals surface area contributed by atoms with Gasteiger partial charge in [-0.15, -0.1) is 0 Å². The first-order valence-electron chi connectivity index (χ1n) is 9.22. The first-order chi connectivity index (χ1) is 13.7. The summed E-state index contributed by atoms with van der Waals surface area (Å²) in [5, 5.41) is 10.8. The molecule has 0 spiro atoms. The Morgan fingerprint density at radius 2 is 1.86 bits per heavy atom. The van der Waals surface area contributed by atoms with Crippen LogP contribution in [-0.4, -0.2) is 16.0 Å². The molecule has 0 saturated carbocycles. The molecular formula is C21H21F3N2O3. The van der Waals surface area contributed by atoms with Crippen LogP contribution in [-0.2, 0) is 17.4 Å². The normalized spacial score (nSPS) is 14.1. The number of aryl methyl sites for hydroxylation is 1. The van der Waals surface area contributed by atoms with Crippen LogP contribution in [0.4, 0.5) is 13.2 Å². The molecule has 154 valence electrons. The highest BCUT2D eigenvalue weighted by Crippen LogP contribution is 2.34. The number of fused-ring (bicyclic) bond motifs is 1. The third-order valence-electron chi connectivity index (χ3n) is 4.84. The fourth-order valence-electron chi connectivity index (χ4n) is 3.23. The molecule has 0 bridgehead atoms. The quantitative estimate of drug-likeness (QED) is 0.580. The molecule has 3 rings (SSSR count). The topological polar surface area (TPSA) is 89.4 Å². The van der Waals surface area contributed by atoms with Crippen LogP contribution in [0, 0.1) is 5.92 Å². The maximum Gasteiger partial charge on any atom is 0.416 e. The highest BCUT2D eigenvalue weighted by molar-refractivity contribution is 5.74. The van der Waals surface area contributed by atoms with Gasteiger partial charge in [-0.25, -0.2) is 4.98 Å². The summed E-state index contributed by atoms with van der Waals surface area (Å²) in [7, 11) is 0. The van der Waals surface area contributed by atoms with Crippen LogP contribution < -0.4 is 5.73 Å². The Hall–Kier alpha value is -2.87. The van der Waals surface area contributed by atoms with E-state index in [1.807, 2.05) is 30.3 Å². The zero-order valence-electron chi connectivity index (χ0n) is 15.5. The number of carbonyl (C=O) groups excluding carboxylic acids is 1. The minimum Gasteiger partial charge on any atom is -0.438 e. The van der Waals surface area contributed by atoms with E-state index in [-0.39, 0.29) is 23.4 Å². The van der Waals surface area contributed by atoms with Crippen molar-refractivity contribution in [3.8, 4) is 0 Å². The summed E-state index contributed by atoms with van der Waals surface area (Å²) >= 11 is 0. The molecule has 0 saturated heterocycles. The molecule has 0 aliphatic rings. The Balaban J connectivity index is 1.81. The van der Waals surface area contributed by atoms with E-state index in [0.717, 1.165) is 17.7 Å². The molecule has 0 fully saturated rings. The van der Waals surface area contributed by atoms with Gasteiger partial charge in [-0.3, -0.25) is 4.79 Å². The average molecular weight is 406 g/mol. The SMILES string of the molecule is NC(=O)CC[C@H](CCc1ccccc1)C(O)c1nc2cc(C(F)(F)F)ccc2o1. The van der Waals surface area contributed by atoms with Gasteiger partial charge in [-0.2, -0.15) is 13.2 Å². The number of nitrogens with two attached hydrogens (primary N) is 1. The van der Waals surface area contributed by atoms with E-state index >= 15 is 0 Å². The van der Waals surface area contributed by atoms with Crippen molar-refractivity contribution in [3.63, 3.8) is 0 Å². The number of aromatic nitrogens is 1. The Morgan fingerprint density at radius 3 is 2.52 bits per heavy atom. The van der Waals surface area contributed by atoms with Gasteiger partial charge in [-0.05, 0) is 48.9 Å². The fourth-order valence-corrected chi connectivity index (χ4v) is 3.23. The molecule has 2 atom stereocenters. The van der Waals surface area contributed by atoms with E-state index in [9.17, 15) is 23.1 Å². The van der Waals surface area contributed by atoms with Crippen molar-refractivity contribution in [1.29, 1.82) is 0 Å². The molecule has 1 aromatic heterocycles. The van der Waals surface area contributed by atoms with E-state index in [1.165, 1.54) is 6.07 Å². The fraction of sp³-hybridized carbons (Fsp3) is 0.333. The summed E-state index contributed by atoms with van der Waals surface area (Å²) in [6, 6.07) is 12.6. The van der Waals surface area contributed by atoms with Crippen LogP contribution in [0.25, 0.3) is 11.1 Å². The van der Waals surface area contributed by atoms with E-state index in [2.05, 4.69) is 4.98 Å². The second-order valence-electron chi connectivity index (χ2n) is 6.97. The largest absolute Gasteiger partial charge is 0.438 e.